The van der Waals surface area contributed by atoms with Crippen molar-refractivity contribution >= 4 is 17.1 Å². The number of carbonyl (C=O) groups excluding carboxylic acids is 1. The SMILES string of the molecule is COc1cccc(-c2ncc(C(C)=O)s2)c1OC. The second-order valence-electron chi connectivity index (χ2n) is 3.63. The predicted molar refractivity (Wildman–Crippen MR) is 70.7 cm³/mol. The van der Waals surface area contributed by atoms with Gasteiger partial charge in [-0.2, -0.15) is 0 Å². The van der Waals surface area contributed by atoms with Gasteiger partial charge in [-0.3, -0.25) is 4.79 Å². The van der Waals surface area contributed by atoms with E-state index in [4.69, 9.17) is 9.47 Å². The molecule has 2 rings (SSSR count). The molecule has 0 N–H and O–H groups in total. The van der Waals surface area contributed by atoms with Gasteiger partial charge in [0, 0.05) is 13.1 Å². The standard InChI is InChI=1S/C13H13NO3S/c1-8(15)11-7-14-13(18-11)9-5-4-6-10(16-2)12(9)17-3/h4-7H,1-3H3. The lowest BCUT2D eigenvalue weighted by atomic mass is 10.2. The van der Waals surface area contributed by atoms with E-state index in [0.717, 1.165) is 10.6 Å². The molecule has 0 aliphatic rings. The maximum Gasteiger partial charge on any atom is 0.171 e. The molecular formula is C13H13NO3S. The van der Waals surface area contributed by atoms with Gasteiger partial charge in [-0.1, -0.05) is 6.07 Å². The minimum Gasteiger partial charge on any atom is -0.493 e. The second-order valence-corrected chi connectivity index (χ2v) is 4.66. The van der Waals surface area contributed by atoms with Gasteiger partial charge >= 0.3 is 0 Å². The Morgan fingerprint density at radius 3 is 2.61 bits per heavy atom. The summed E-state index contributed by atoms with van der Waals surface area (Å²) < 4.78 is 10.6. The lowest BCUT2D eigenvalue weighted by Gasteiger charge is -2.10. The molecule has 0 saturated heterocycles. The highest BCUT2D eigenvalue weighted by Gasteiger charge is 2.15. The highest BCUT2D eigenvalue weighted by Crippen LogP contribution is 2.39. The van der Waals surface area contributed by atoms with Gasteiger partial charge in [0.2, 0.25) is 0 Å². The van der Waals surface area contributed by atoms with E-state index < -0.39 is 0 Å². The van der Waals surface area contributed by atoms with Crippen LogP contribution in [0.2, 0.25) is 0 Å². The first kappa shape index (κ1) is 12.6. The average molecular weight is 263 g/mol. The van der Waals surface area contributed by atoms with E-state index in [1.807, 2.05) is 18.2 Å². The summed E-state index contributed by atoms with van der Waals surface area (Å²) in [6.07, 6.45) is 1.58. The minimum absolute atomic E-state index is 0.0145. The van der Waals surface area contributed by atoms with Crippen molar-refractivity contribution in [2.75, 3.05) is 14.2 Å². The molecule has 1 heterocycles. The number of thiazole rings is 1. The summed E-state index contributed by atoms with van der Waals surface area (Å²) in [5.41, 5.74) is 0.828. The van der Waals surface area contributed by atoms with E-state index in [0.29, 0.717) is 16.4 Å². The smallest absolute Gasteiger partial charge is 0.171 e. The lowest BCUT2D eigenvalue weighted by Crippen LogP contribution is -1.92. The molecular weight excluding hydrogens is 250 g/mol. The summed E-state index contributed by atoms with van der Waals surface area (Å²) in [4.78, 5) is 16.2. The van der Waals surface area contributed by atoms with Crippen molar-refractivity contribution in [1.29, 1.82) is 0 Å². The Bertz CT molecular complexity index is 577. The second kappa shape index (κ2) is 5.18. The van der Waals surface area contributed by atoms with Crippen LogP contribution in [0, 0.1) is 0 Å². The van der Waals surface area contributed by atoms with Crippen LogP contribution in [0.15, 0.2) is 24.4 Å². The fraction of sp³-hybridized carbons (Fsp3) is 0.231. The zero-order valence-electron chi connectivity index (χ0n) is 10.4. The molecule has 0 spiro atoms. The van der Waals surface area contributed by atoms with Gasteiger partial charge in [0.15, 0.2) is 17.3 Å². The Morgan fingerprint density at radius 1 is 1.28 bits per heavy atom. The van der Waals surface area contributed by atoms with Gasteiger partial charge in [-0.05, 0) is 12.1 Å². The fourth-order valence-corrected chi connectivity index (χ4v) is 2.45. The average Bonchev–Trinajstić information content (AvgIpc) is 2.87. The van der Waals surface area contributed by atoms with E-state index in [2.05, 4.69) is 4.98 Å². The normalized spacial score (nSPS) is 10.2. The van der Waals surface area contributed by atoms with E-state index in [9.17, 15) is 4.79 Å². The van der Waals surface area contributed by atoms with Gasteiger partial charge in [-0.25, -0.2) is 4.98 Å². The quantitative estimate of drug-likeness (QED) is 0.795. The first-order chi connectivity index (χ1) is 8.67. The summed E-state index contributed by atoms with van der Waals surface area (Å²) in [5, 5.41) is 0.746. The maximum absolute atomic E-state index is 11.3. The van der Waals surface area contributed by atoms with E-state index >= 15 is 0 Å². The number of ketones is 1. The summed E-state index contributed by atoms with van der Waals surface area (Å²) in [6.45, 7) is 1.53. The number of nitrogens with zero attached hydrogens (tertiary/aromatic N) is 1. The molecule has 0 aliphatic heterocycles. The van der Waals surface area contributed by atoms with Crippen molar-refractivity contribution in [1.82, 2.24) is 4.98 Å². The monoisotopic (exact) mass is 263 g/mol. The Morgan fingerprint density at radius 2 is 2.06 bits per heavy atom. The van der Waals surface area contributed by atoms with Crippen LogP contribution in [0.1, 0.15) is 16.6 Å². The van der Waals surface area contributed by atoms with Crippen LogP contribution < -0.4 is 9.47 Å². The van der Waals surface area contributed by atoms with Crippen molar-refractivity contribution in [2.45, 2.75) is 6.92 Å². The molecule has 0 amide bonds. The Kier molecular flexibility index (Phi) is 3.62. The van der Waals surface area contributed by atoms with E-state index in [1.165, 1.54) is 18.3 Å². The molecule has 0 fully saturated rings. The Labute approximate surface area is 109 Å². The third-order valence-corrected chi connectivity index (χ3v) is 3.62. The minimum atomic E-state index is 0.0145. The number of aromatic nitrogens is 1. The largest absolute Gasteiger partial charge is 0.493 e. The summed E-state index contributed by atoms with van der Waals surface area (Å²) in [5.74, 6) is 1.29. The third kappa shape index (κ3) is 2.22. The number of hydrogen-bond donors (Lipinski definition) is 0. The van der Waals surface area contributed by atoms with Crippen LogP contribution in [-0.2, 0) is 0 Å². The first-order valence-electron chi connectivity index (χ1n) is 5.35. The van der Waals surface area contributed by atoms with E-state index in [1.54, 1.807) is 20.4 Å². The number of Topliss-reactive ketones (excluding diaryl/α,β-unsaturated/α-hetero) is 1. The van der Waals surface area contributed by atoms with Crippen LogP contribution in [0.3, 0.4) is 0 Å². The molecule has 1 aromatic heterocycles. The van der Waals surface area contributed by atoms with Crippen molar-refractivity contribution < 1.29 is 14.3 Å². The molecule has 0 unspecified atom stereocenters. The van der Waals surface area contributed by atoms with Crippen LogP contribution in [0.5, 0.6) is 11.5 Å². The molecule has 0 radical (unpaired) electrons. The molecule has 5 heteroatoms. The molecule has 0 aliphatic carbocycles. The molecule has 0 bridgehead atoms. The number of rotatable bonds is 4. The number of hydrogen-bond acceptors (Lipinski definition) is 5. The van der Waals surface area contributed by atoms with Gasteiger partial charge in [0.25, 0.3) is 0 Å². The van der Waals surface area contributed by atoms with Gasteiger partial charge in [0.05, 0.1) is 24.7 Å². The zero-order chi connectivity index (χ0) is 13.1. The van der Waals surface area contributed by atoms with Crippen molar-refractivity contribution in [3.05, 3.63) is 29.3 Å². The molecule has 0 atom stereocenters. The molecule has 94 valence electrons. The highest BCUT2D eigenvalue weighted by atomic mass is 32.1. The number of para-hydroxylation sites is 1. The molecule has 4 nitrogen and oxygen atoms in total. The summed E-state index contributed by atoms with van der Waals surface area (Å²) in [7, 11) is 3.17. The number of methoxy groups -OCH3 is 2. The predicted octanol–water partition coefficient (Wildman–Crippen LogP) is 3.03. The van der Waals surface area contributed by atoms with Crippen molar-refractivity contribution in [3.63, 3.8) is 0 Å². The Hall–Kier alpha value is -1.88. The molecule has 18 heavy (non-hydrogen) atoms. The molecule has 1 aromatic carbocycles. The van der Waals surface area contributed by atoms with Crippen LogP contribution in [0.4, 0.5) is 0 Å². The van der Waals surface area contributed by atoms with Gasteiger partial charge in [-0.15, -0.1) is 11.3 Å². The Balaban J connectivity index is 2.52. The first-order valence-corrected chi connectivity index (χ1v) is 6.17. The van der Waals surface area contributed by atoms with Gasteiger partial charge in [0.1, 0.15) is 5.01 Å². The van der Waals surface area contributed by atoms with Crippen LogP contribution in [0.25, 0.3) is 10.6 Å². The summed E-state index contributed by atoms with van der Waals surface area (Å²) >= 11 is 1.35. The lowest BCUT2D eigenvalue weighted by molar-refractivity contribution is 0.102. The molecule has 2 aromatic rings. The number of ether oxygens (including phenoxy) is 2. The topological polar surface area (TPSA) is 48.4 Å². The fourth-order valence-electron chi connectivity index (χ4n) is 1.62. The van der Waals surface area contributed by atoms with Crippen molar-refractivity contribution in [2.24, 2.45) is 0 Å². The van der Waals surface area contributed by atoms with Gasteiger partial charge < -0.3 is 9.47 Å². The van der Waals surface area contributed by atoms with Crippen LogP contribution >= 0.6 is 11.3 Å². The number of carbonyl (C=O) groups is 1. The zero-order valence-corrected chi connectivity index (χ0v) is 11.2. The maximum atomic E-state index is 11.3. The summed E-state index contributed by atoms with van der Waals surface area (Å²) in [6, 6.07) is 5.58. The van der Waals surface area contributed by atoms with Crippen LogP contribution in [-0.4, -0.2) is 25.0 Å². The number of benzene rings is 1. The van der Waals surface area contributed by atoms with E-state index in [-0.39, 0.29) is 5.78 Å². The third-order valence-electron chi connectivity index (χ3n) is 2.49. The highest BCUT2D eigenvalue weighted by molar-refractivity contribution is 7.17. The van der Waals surface area contributed by atoms with Crippen molar-refractivity contribution in [3.8, 4) is 22.1 Å². The molecule has 0 saturated carbocycles.